The molecule has 2 atom stereocenters. The van der Waals surface area contributed by atoms with Crippen LogP contribution in [0, 0.1) is 11.8 Å². The lowest BCUT2D eigenvalue weighted by atomic mass is 9.93. The first-order valence-corrected chi connectivity index (χ1v) is 10.4. The van der Waals surface area contributed by atoms with E-state index in [-0.39, 0.29) is 0 Å². The van der Waals surface area contributed by atoms with Crippen molar-refractivity contribution in [1.82, 2.24) is 24.7 Å². The highest BCUT2D eigenvalue weighted by atomic mass is 15.3. The van der Waals surface area contributed by atoms with Crippen LogP contribution in [-0.4, -0.2) is 71.6 Å². The summed E-state index contributed by atoms with van der Waals surface area (Å²) in [7, 11) is 1.91. The fourth-order valence-electron chi connectivity index (χ4n) is 4.39. The Labute approximate surface area is 158 Å². The van der Waals surface area contributed by atoms with Gasteiger partial charge in [0.1, 0.15) is 0 Å². The van der Waals surface area contributed by atoms with Gasteiger partial charge in [0, 0.05) is 39.1 Å². The van der Waals surface area contributed by atoms with Crippen LogP contribution in [0.2, 0.25) is 0 Å². The number of imidazole rings is 1. The third-order valence-corrected chi connectivity index (χ3v) is 6.13. The summed E-state index contributed by atoms with van der Waals surface area (Å²) in [4.78, 5) is 13.8. The van der Waals surface area contributed by atoms with E-state index < -0.39 is 0 Å². The smallest absolute Gasteiger partial charge is 0.193 e. The second kappa shape index (κ2) is 9.40. The normalized spacial score (nSPS) is 26.3. The zero-order chi connectivity index (χ0) is 18.4. The van der Waals surface area contributed by atoms with Gasteiger partial charge in [-0.1, -0.05) is 13.8 Å². The molecule has 0 spiro atoms. The zero-order valence-electron chi connectivity index (χ0n) is 16.8. The molecule has 6 nitrogen and oxygen atoms in total. The van der Waals surface area contributed by atoms with Crippen LogP contribution in [0.1, 0.15) is 45.6 Å². The van der Waals surface area contributed by atoms with Gasteiger partial charge >= 0.3 is 0 Å². The maximum Gasteiger partial charge on any atom is 0.193 e. The second-order valence-electron chi connectivity index (χ2n) is 8.00. The molecule has 3 heterocycles. The summed E-state index contributed by atoms with van der Waals surface area (Å²) < 4.78 is 2.26. The number of aliphatic imine (C=N–C) groups is 1. The Morgan fingerprint density at radius 2 is 2.04 bits per heavy atom. The lowest BCUT2D eigenvalue weighted by Gasteiger charge is -2.40. The van der Waals surface area contributed by atoms with Gasteiger partial charge in [-0.15, -0.1) is 0 Å². The first-order chi connectivity index (χ1) is 12.7. The average molecular weight is 361 g/mol. The molecule has 0 radical (unpaired) electrons. The third kappa shape index (κ3) is 4.78. The van der Waals surface area contributed by atoms with Crippen LogP contribution in [0.4, 0.5) is 0 Å². The summed E-state index contributed by atoms with van der Waals surface area (Å²) >= 11 is 0. The molecule has 2 unspecified atom stereocenters. The Kier molecular flexibility index (Phi) is 6.94. The molecule has 0 amide bonds. The van der Waals surface area contributed by atoms with Gasteiger partial charge in [0.2, 0.25) is 0 Å². The van der Waals surface area contributed by atoms with E-state index in [4.69, 9.17) is 0 Å². The van der Waals surface area contributed by atoms with Crippen molar-refractivity contribution in [3.8, 4) is 0 Å². The van der Waals surface area contributed by atoms with Crippen LogP contribution in [0.3, 0.4) is 0 Å². The van der Waals surface area contributed by atoms with Gasteiger partial charge in [-0.25, -0.2) is 4.98 Å². The minimum absolute atomic E-state index is 0.474. The van der Waals surface area contributed by atoms with Crippen LogP contribution in [0.25, 0.3) is 0 Å². The molecule has 2 aliphatic rings. The number of likely N-dealkylation sites (tertiary alicyclic amines) is 2. The minimum Gasteiger partial charge on any atom is -0.356 e. The van der Waals surface area contributed by atoms with Gasteiger partial charge in [-0.3, -0.25) is 4.99 Å². The molecule has 146 valence electrons. The first-order valence-electron chi connectivity index (χ1n) is 10.4. The van der Waals surface area contributed by atoms with E-state index in [1.54, 1.807) is 0 Å². The number of hydrogen-bond donors (Lipinski definition) is 1. The Morgan fingerprint density at radius 3 is 2.69 bits per heavy atom. The quantitative estimate of drug-likeness (QED) is 0.647. The minimum atomic E-state index is 0.474. The highest BCUT2D eigenvalue weighted by molar-refractivity contribution is 5.80. The number of piperidine rings is 2. The summed E-state index contributed by atoms with van der Waals surface area (Å²) in [5, 5.41) is 3.67. The van der Waals surface area contributed by atoms with Crippen molar-refractivity contribution in [3.63, 3.8) is 0 Å². The molecule has 0 bridgehead atoms. The van der Waals surface area contributed by atoms with E-state index in [1.807, 2.05) is 19.6 Å². The third-order valence-electron chi connectivity index (χ3n) is 6.13. The molecule has 1 aromatic rings. The first kappa shape index (κ1) is 19.2. The lowest BCUT2D eigenvalue weighted by molar-refractivity contribution is 0.177. The van der Waals surface area contributed by atoms with Gasteiger partial charge in [0.15, 0.2) is 5.96 Å². The fraction of sp³-hybridized carbons (Fsp3) is 0.800. The summed E-state index contributed by atoms with van der Waals surface area (Å²) in [5.74, 6) is 2.51. The fourth-order valence-corrected chi connectivity index (χ4v) is 4.39. The summed E-state index contributed by atoms with van der Waals surface area (Å²) in [6.45, 7) is 11.5. The summed E-state index contributed by atoms with van der Waals surface area (Å²) in [5.41, 5.74) is 0. The predicted octanol–water partition coefficient (Wildman–Crippen LogP) is 2.46. The zero-order valence-corrected chi connectivity index (χ0v) is 16.8. The van der Waals surface area contributed by atoms with Gasteiger partial charge in [0.25, 0.3) is 0 Å². The number of rotatable bonds is 5. The van der Waals surface area contributed by atoms with Gasteiger partial charge < -0.3 is 19.7 Å². The maximum atomic E-state index is 4.58. The largest absolute Gasteiger partial charge is 0.356 e. The van der Waals surface area contributed by atoms with Crippen molar-refractivity contribution >= 4 is 5.96 Å². The number of guanidine groups is 1. The van der Waals surface area contributed by atoms with Crippen LogP contribution >= 0.6 is 0 Å². The lowest BCUT2D eigenvalue weighted by Crippen LogP contribution is -2.50. The van der Waals surface area contributed by atoms with Crippen molar-refractivity contribution in [3.05, 3.63) is 18.7 Å². The van der Waals surface area contributed by atoms with Gasteiger partial charge in [0.05, 0.1) is 12.4 Å². The van der Waals surface area contributed by atoms with E-state index in [2.05, 4.69) is 49.7 Å². The molecule has 0 aromatic carbocycles. The van der Waals surface area contributed by atoms with Crippen molar-refractivity contribution in [2.24, 2.45) is 16.8 Å². The maximum absolute atomic E-state index is 4.58. The average Bonchev–Trinajstić information content (AvgIpc) is 3.19. The number of aromatic nitrogens is 2. The van der Waals surface area contributed by atoms with Crippen molar-refractivity contribution in [2.75, 3.05) is 46.3 Å². The Bertz CT molecular complexity index is 547. The molecular weight excluding hydrogens is 324 g/mol. The molecule has 2 saturated heterocycles. The van der Waals surface area contributed by atoms with E-state index in [9.17, 15) is 0 Å². The van der Waals surface area contributed by atoms with E-state index in [1.165, 1.54) is 45.3 Å². The SMILES string of the molecule is CCCN1CCC(CNC(=NC)N2CCC(C)C(n3ccnc3)C2)CC1. The Morgan fingerprint density at radius 1 is 1.23 bits per heavy atom. The molecular formula is C20H36N6. The molecule has 2 aliphatic heterocycles. The number of hydrogen-bond acceptors (Lipinski definition) is 3. The van der Waals surface area contributed by atoms with Crippen LogP contribution in [0.15, 0.2) is 23.7 Å². The molecule has 0 saturated carbocycles. The monoisotopic (exact) mass is 360 g/mol. The van der Waals surface area contributed by atoms with Crippen LogP contribution < -0.4 is 5.32 Å². The summed E-state index contributed by atoms with van der Waals surface area (Å²) in [6, 6.07) is 0.474. The van der Waals surface area contributed by atoms with E-state index in [0.717, 1.165) is 31.5 Å². The molecule has 6 heteroatoms. The van der Waals surface area contributed by atoms with Crippen molar-refractivity contribution < 1.29 is 0 Å². The number of nitrogens with one attached hydrogen (secondary N) is 1. The van der Waals surface area contributed by atoms with E-state index >= 15 is 0 Å². The Hall–Kier alpha value is -1.56. The van der Waals surface area contributed by atoms with Crippen molar-refractivity contribution in [1.29, 1.82) is 0 Å². The van der Waals surface area contributed by atoms with Gasteiger partial charge in [-0.05, 0) is 57.2 Å². The topological polar surface area (TPSA) is 48.7 Å². The molecule has 2 fully saturated rings. The molecule has 26 heavy (non-hydrogen) atoms. The standard InChI is InChI=1S/C20H36N6/c1-4-9-24-10-6-18(7-11-24)14-23-20(21-3)25-12-5-17(2)19(15-25)26-13-8-22-16-26/h8,13,16-19H,4-7,9-12,14-15H2,1-3H3,(H,21,23). The summed E-state index contributed by atoms with van der Waals surface area (Å²) in [6.07, 6.45) is 11.0. The molecule has 3 rings (SSSR count). The van der Waals surface area contributed by atoms with Crippen molar-refractivity contribution in [2.45, 2.75) is 45.6 Å². The van der Waals surface area contributed by atoms with Crippen LogP contribution in [-0.2, 0) is 0 Å². The van der Waals surface area contributed by atoms with Gasteiger partial charge in [-0.2, -0.15) is 0 Å². The predicted molar refractivity (Wildman–Crippen MR) is 107 cm³/mol. The molecule has 1 N–H and O–H groups in total. The Balaban J connectivity index is 1.50. The molecule has 0 aliphatic carbocycles. The van der Waals surface area contributed by atoms with E-state index in [0.29, 0.717) is 12.0 Å². The molecule has 1 aromatic heterocycles. The highest BCUT2D eigenvalue weighted by Crippen LogP contribution is 2.27. The second-order valence-corrected chi connectivity index (χ2v) is 8.00. The highest BCUT2D eigenvalue weighted by Gasteiger charge is 2.29. The number of nitrogens with zero attached hydrogens (tertiary/aromatic N) is 5. The van der Waals surface area contributed by atoms with Crippen LogP contribution in [0.5, 0.6) is 0 Å².